The molecule has 1 rings (SSSR count). The average Bonchev–Trinajstić information content (AvgIpc) is 2.45. The Morgan fingerprint density at radius 2 is 1.73 bits per heavy atom. The molecule has 0 amide bonds. The van der Waals surface area contributed by atoms with Crippen molar-refractivity contribution in [1.82, 2.24) is 0 Å². The molecule has 0 aromatic rings. The zero-order valence-electron chi connectivity index (χ0n) is 8.70. The van der Waals surface area contributed by atoms with E-state index in [0.29, 0.717) is 10.8 Å². The third-order valence-corrected chi connectivity index (χ3v) is 3.55. The minimum Gasteiger partial charge on any atom is -0.0623 e. The Bertz CT molecular complexity index is 138. The lowest BCUT2D eigenvalue weighted by molar-refractivity contribution is 0.184. The van der Waals surface area contributed by atoms with E-state index in [4.69, 9.17) is 0 Å². The zero-order valence-corrected chi connectivity index (χ0v) is 8.70. The zero-order chi connectivity index (χ0) is 8.70. The van der Waals surface area contributed by atoms with Crippen LogP contribution in [0.3, 0.4) is 0 Å². The first-order valence-corrected chi connectivity index (χ1v) is 4.86. The molecule has 1 aliphatic carbocycles. The molecule has 0 bridgehead atoms. The summed E-state index contributed by atoms with van der Waals surface area (Å²) in [5.74, 6) is 0.819. The Kier molecular flexibility index (Phi) is 2.07. The summed E-state index contributed by atoms with van der Waals surface area (Å²) in [5.41, 5.74) is 1.26. The van der Waals surface area contributed by atoms with Crippen molar-refractivity contribution in [2.75, 3.05) is 0 Å². The maximum absolute atomic E-state index is 2.43. The minimum atomic E-state index is 0.547. The van der Waals surface area contributed by atoms with Gasteiger partial charge >= 0.3 is 0 Å². The second-order valence-corrected chi connectivity index (χ2v) is 5.63. The molecule has 1 aliphatic rings. The summed E-state index contributed by atoms with van der Waals surface area (Å²) in [5, 5.41) is 0. The van der Waals surface area contributed by atoms with Gasteiger partial charge in [0.05, 0.1) is 0 Å². The fraction of sp³-hybridized carbons (Fsp3) is 1.00. The molecule has 11 heavy (non-hydrogen) atoms. The standard InChI is InChI=1S/C11H22/c1-9(2)10(3,4)8-11(5)6-7-11/h9H,6-8H2,1-5H3. The summed E-state index contributed by atoms with van der Waals surface area (Å²) in [6, 6.07) is 0. The van der Waals surface area contributed by atoms with Crippen molar-refractivity contribution in [1.29, 1.82) is 0 Å². The molecule has 1 saturated carbocycles. The Balaban J connectivity index is 2.46. The lowest BCUT2D eigenvalue weighted by atomic mass is 9.74. The molecule has 0 saturated heterocycles. The highest BCUT2D eigenvalue weighted by atomic mass is 14.5. The van der Waals surface area contributed by atoms with Crippen LogP contribution >= 0.6 is 0 Å². The number of rotatable bonds is 3. The summed E-state index contributed by atoms with van der Waals surface area (Å²) >= 11 is 0. The first-order valence-electron chi connectivity index (χ1n) is 4.86. The van der Waals surface area contributed by atoms with Crippen LogP contribution in [-0.2, 0) is 0 Å². The van der Waals surface area contributed by atoms with E-state index < -0.39 is 0 Å². The van der Waals surface area contributed by atoms with Crippen LogP contribution in [0.15, 0.2) is 0 Å². The van der Waals surface area contributed by atoms with Crippen LogP contribution in [-0.4, -0.2) is 0 Å². The number of hydrogen-bond acceptors (Lipinski definition) is 0. The highest BCUT2D eigenvalue weighted by Gasteiger charge is 2.42. The van der Waals surface area contributed by atoms with Gasteiger partial charge in [-0.3, -0.25) is 0 Å². The third kappa shape index (κ3) is 2.21. The van der Waals surface area contributed by atoms with Crippen molar-refractivity contribution in [3.63, 3.8) is 0 Å². The molecule has 0 heteroatoms. The van der Waals surface area contributed by atoms with E-state index in [2.05, 4.69) is 34.6 Å². The highest BCUT2D eigenvalue weighted by molar-refractivity contribution is 4.93. The second kappa shape index (κ2) is 2.50. The van der Waals surface area contributed by atoms with Crippen LogP contribution in [0.2, 0.25) is 0 Å². The van der Waals surface area contributed by atoms with Gasteiger partial charge in [0.25, 0.3) is 0 Å². The summed E-state index contributed by atoms with van der Waals surface area (Å²) in [6.45, 7) is 11.9. The lowest BCUT2D eigenvalue weighted by Gasteiger charge is -2.32. The molecule has 0 unspecified atom stereocenters. The van der Waals surface area contributed by atoms with Crippen LogP contribution in [0, 0.1) is 16.7 Å². The fourth-order valence-corrected chi connectivity index (χ4v) is 1.69. The largest absolute Gasteiger partial charge is 0.0623 e. The average molecular weight is 154 g/mol. The topological polar surface area (TPSA) is 0 Å². The molecule has 0 radical (unpaired) electrons. The van der Waals surface area contributed by atoms with Gasteiger partial charge in [0.15, 0.2) is 0 Å². The van der Waals surface area contributed by atoms with E-state index in [0.717, 1.165) is 5.92 Å². The highest BCUT2D eigenvalue weighted by Crippen LogP contribution is 2.54. The van der Waals surface area contributed by atoms with Crippen molar-refractivity contribution in [3.05, 3.63) is 0 Å². The van der Waals surface area contributed by atoms with E-state index >= 15 is 0 Å². The van der Waals surface area contributed by atoms with E-state index in [9.17, 15) is 0 Å². The van der Waals surface area contributed by atoms with Gasteiger partial charge in [0.1, 0.15) is 0 Å². The third-order valence-electron chi connectivity index (χ3n) is 3.55. The van der Waals surface area contributed by atoms with Crippen LogP contribution in [0.4, 0.5) is 0 Å². The molecule has 0 heterocycles. The van der Waals surface area contributed by atoms with Gasteiger partial charge in [-0.25, -0.2) is 0 Å². The molecule has 66 valence electrons. The predicted octanol–water partition coefficient (Wildman–Crippen LogP) is 3.86. The van der Waals surface area contributed by atoms with Gasteiger partial charge in [-0.1, -0.05) is 34.6 Å². The van der Waals surface area contributed by atoms with Crippen LogP contribution < -0.4 is 0 Å². The second-order valence-electron chi connectivity index (χ2n) is 5.63. The van der Waals surface area contributed by atoms with Gasteiger partial charge in [0, 0.05) is 0 Å². The molecule has 0 spiro atoms. The van der Waals surface area contributed by atoms with Crippen molar-refractivity contribution in [2.45, 2.75) is 53.9 Å². The Morgan fingerprint density at radius 1 is 1.27 bits per heavy atom. The first-order chi connectivity index (χ1) is 4.86. The molecular formula is C11H22. The van der Waals surface area contributed by atoms with Gasteiger partial charge < -0.3 is 0 Å². The summed E-state index contributed by atoms with van der Waals surface area (Å²) in [7, 11) is 0. The maximum Gasteiger partial charge on any atom is -0.0320 e. The van der Waals surface area contributed by atoms with E-state index in [1.807, 2.05) is 0 Å². The SMILES string of the molecule is CC(C)C(C)(C)CC1(C)CC1. The molecule has 0 aromatic carbocycles. The van der Waals surface area contributed by atoms with Crippen LogP contribution in [0.25, 0.3) is 0 Å². The Labute approximate surface area is 71.4 Å². The van der Waals surface area contributed by atoms with Crippen molar-refractivity contribution < 1.29 is 0 Å². The van der Waals surface area contributed by atoms with Crippen LogP contribution in [0.1, 0.15) is 53.9 Å². The Hall–Kier alpha value is 0. The summed E-state index contributed by atoms with van der Waals surface area (Å²) < 4.78 is 0. The minimum absolute atomic E-state index is 0.547. The molecule has 1 fully saturated rings. The smallest absolute Gasteiger partial charge is 0.0320 e. The quantitative estimate of drug-likeness (QED) is 0.579. The van der Waals surface area contributed by atoms with Gasteiger partial charge in [0.2, 0.25) is 0 Å². The summed E-state index contributed by atoms with van der Waals surface area (Å²) in [6.07, 6.45) is 4.34. The summed E-state index contributed by atoms with van der Waals surface area (Å²) in [4.78, 5) is 0. The number of hydrogen-bond donors (Lipinski definition) is 0. The molecular weight excluding hydrogens is 132 g/mol. The molecule has 0 N–H and O–H groups in total. The molecule has 0 nitrogen and oxygen atoms in total. The van der Waals surface area contributed by atoms with E-state index in [-0.39, 0.29) is 0 Å². The normalized spacial score (nSPS) is 22.4. The van der Waals surface area contributed by atoms with E-state index in [1.165, 1.54) is 19.3 Å². The first kappa shape index (κ1) is 9.09. The van der Waals surface area contributed by atoms with Crippen LogP contribution in [0.5, 0.6) is 0 Å². The Morgan fingerprint density at radius 3 is 2.00 bits per heavy atom. The van der Waals surface area contributed by atoms with Crippen molar-refractivity contribution in [3.8, 4) is 0 Å². The van der Waals surface area contributed by atoms with E-state index in [1.54, 1.807) is 0 Å². The molecule has 0 atom stereocenters. The van der Waals surface area contributed by atoms with Gasteiger partial charge in [-0.2, -0.15) is 0 Å². The van der Waals surface area contributed by atoms with Crippen molar-refractivity contribution >= 4 is 0 Å². The van der Waals surface area contributed by atoms with Crippen molar-refractivity contribution in [2.24, 2.45) is 16.7 Å². The maximum atomic E-state index is 2.43. The predicted molar refractivity (Wildman–Crippen MR) is 50.6 cm³/mol. The van der Waals surface area contributed by atoms with Gasteiger partial charge in [-0.15, -0.1) is 0 Å². The lowest BCUT2D eigenvalue weighted by Crippen LogP contribution is -2.22. The fourth-order valence-electron chi connectivity index (χ4n) is 1.69. The monoisotopic (exact) mass is 154 g/mol. The molecule has 0 aliphatic heterocycles. The molecule has 0 aromatic heterocycles. The van der Waals surface area contributed by atoms with Gasteiger partial charge in [-0.05, 0) is 36.0 Å².